The zero-order valence-electron chi connectivity index (χ0n) is 15.6. The van der Waals surface area contributed by atoms with E-state index in [0.29, 0.717) is 17.2 Å². The van der Waals surface area contributed by atoms with Crippen LogP contribution in [0, 0.1) is 18.8 Å². The Bertz CT molecular complexity index is 1020. The molecule has 3 atom stereocenters. The fourth-order valence-corrected chi connectivity index (χ4v) is 6.02. The number of nitrogens with one attached hydrogen (secondary N) is 2. The summed E-state index contributed by atoms with van der Waals surface area (Å²) in [6.45, 7) is 1.88. The van der Waals surface area contributed by atoms with Gasteiger partial charge in [0, 0.05) is 17.3 Å². The summed E-state index contributed by atoms with van der Waals surface area (Å²) < 4.78 is 28.2. The van der Waals surface area contributed by atoms with Crippen molar-refractivity contribution in [1.29, 1.82) is 0 Å². The largest absolute Gasteiger partial charge is 0.349 e. The molecule has 2 aliphatic carbocycles. The first-order valence-corrected chi connectivity index (χ1v) is 11.4. The number of halogens is 1. The molecule has 0 heterocycles. The second kappa shape index (κ2) is 7.41. The standard InChI is InChI=1S/C21H23ClN2O3S/c1-13-3-2-4-17(9-13)24-28(26,27)20-12-16(7-8-18(20)22)21(25)23-19-11-14-5-6-15(19)10-14/h2-4,7-9,12,14-15,19,24H,5-6,10-11H2,1H3,(H,23,25)/t14-,15-,19-/m0/s1. The van der Waals surface area contributed by atoms with Gasteiger partial charge in [-0.25, -0.2) is 8.42 Å². The number of sulfonamides is 1. The van der Waals surface area contributed by atoms with Crippen molar-refractivity contribution in [2.75, 3.05) is 4.72 Å². The highest BCUT2D eigenvalue weighted by Gasteiger charge is 2.40. The molecular weight excluding hydrogens is 396 g/mol. The molecule has 2 saturated carbocycles. The van der Waals surface area contributed by atoms with Gasteiger partial charge >= 0.3 is 0 Å². The number of fused-ring (bicyclic) bond motifs is 2. The maximum atomic E-state index is 12.8. The number of anilines is 1. The fraction of sp³-hybridized carbons (Fsp3) is 0.381. The van der Waals surface area contributed by atoms with E-state index in [-0.39, 0.29) is 21.9 Å². The Labute approximate surface area is 170 Å². The molecule has 2 aromatic rings. The van der Waals surface area contributed by atoms with Crippen molar-refractivity contribution in [1.82, 2.24) is 5.32 Å². The second-order valence-corrected chi connectivity index (χ2v) is 9.93. The Kier molecular flexibility index (Phi) is 5.10. The second-order valence-electron chi connectivity index (χ2n) is 7.87. The van der Waals surface area contributed by atoms with Crippen LogP contribution in [0.5, 0.6) is 0 Å². The quantitative estimate of drug-likeness (QED) is 0.757. The highest BCUT2D eigenvalue weighted by atomic mass is 35.5. The Hall–Kier alpha value is -2.05. The van der Waals surface area contributed by atoms with Gasteiger partial charge in [0.05, 0.1) is 5.02 Å². The van der Waals surface area contributed by atoms with E-state index >= 15 is 0 Å². The average Bonchev–Trinajstić information content (AvgIpc) is 3.24. The number of benzene rings is 2. The predicted molar refractivity (Wildman–Crippen MR) is 110 cm³/mol. The van der Waals surface area contributed by atoms with Crippen molar-refractivity contribution in [3.63, 3.8) is 0 Å². The Morgan fingerprint density at radius 1 is 1.11 bits per heavy atom. The van der Waals surface area contributed by atoms with Crippen molar-refractivity contribution < 1.29 is 13.2 Å². The molecular formula is C21H23ClN2O3S. The van der Waals surface area contributed by atoms with Crippen LogP contribution in [0.25, 0.3) is 0 Å². The zero-order chi connectivity index (χ0) is 19.9. The van der Waals surface area contributed by atoms with Crippen LogP contribution in [0.2, 0.25) is 5.02 Å². The van der Waals surface area contributed by atoms with Crippen LogP contribution in [-0.4, -0.2) is 20.4 Å². The van der Waals surface area contributed by atoms with Gasteiger partial charge in [0.15, 0.2) is 0 Å². The number of carbonyl (C=O) groups is 1. The van der Waals surface area contributed by atoms with Crippen LogP contribution >= 0.6 is 11.6 Å². The minimum absolute atomic E-state index is 0.0802. The van der Waals surface area contributed by atoms with Crippen LogP contribution in [0.4, 0.5) is 5.69 Å². The molecule has 2 aromatic carbocycles. The molecule has 2 fully saturated rings. The first-order valence-electron chi connectivity index (χ1n) is 9.52. The van der Waals surface area contributed by atoms with Gasteiger partial charge < -0.3 is 5.32 Å². The van der Waals surface area contributed by atoms with Gasteiger partial charge in [-0.15, -0.1) is 0 Å². The maximum Gasteiger partial charge on any atom is 0.263 e. The van der Waals surface area contributed by atoms with Gasteiger partial charge in [0.2, 0.25) is 0 Å². The maximum absolute atomic E-state index is 12.8. The van der Waals surface area contributed by atoms with Crippen molar-refractivity contribution in [3.05, 3.63) is 58.6 Å². The lowest BCUT2D eigenvalue weighted by molar-refractivity contribution is 0.0922. The van der Waals surface area contributed by atoms with Crippen LogP contribution < -0.4 is 10.0 Å². The van der Waals surface area contributed by atoms with E-state index in [2.05, 4.69) is 10.0 Å². The van der Waals surface area contributed by atoms with Gasteiger partial charge in [-0.3, -0.25) is 9.52 Å². The van der Waals surface area contributed by atoms with Gasteiger partial charge in [0.25, 0.3) is 15.9 Å². The van der Waals surface area contributed by atoms with Crippen molar-refractivity contribution in [2.45, 2.75) is 43.5 Å². The normalized spacial score (nSPS) is 23.6. The first-order chi connectivity index (χ1) is 13.3. The summed E-state index contributed by atoms with van der Waals surface area (Å²) >= 11 is 6.15. The molecule has 0 unspecified atom stereocenters. The number of rotatable bonds is 5. The predicted octanol–water partition coefficient (Wildman–Crippen LogP) is 4.37. The highest BCUT2D eigenvalue weighted by Crippen LogP contribution is 2.44. The van der Waals surface area contributed by atoms with Gasteiger partial charge in [-0.1, -0.05) is 30.2 Å². The molecule has 0 saturated heterocycles. The van der Waals surface area contributed by atoms with Gasteiger partial charge in [0.1, 0.15) is 4.90 Å². The van der Waals surface area contributed by atoms with Gasteiger partial charge in [-0.2, -0.15) is 0 Å². The number of carbonyl (C=O) groups excluding carboxylic acids is 1. The first kappa shape index (κ1) is 19.3. The molecule has 0 radical (unpaired) electrons. The Morgan fingerprint density at radius 3 is 2.61 bits per heavy atom. The summed E-state index contributed by atoms with van der Waals surface area (Å²) in [7, 11) is -3.91. The number of hydrogen-bond donors (Lipinski definition) is 2. The fourth-order valence-electron chi connectivity index (χ4n) is 4.44. The molecule has 0 aliphatic heterocycles. The molecule has 5 nitrogen and oxygen atoms in total. The molecule has 28 heavy (non-hydrogen) atoms. The average molecular weight is 419 g/mol. The van der Waals surface area contributed by atoms with E-state index < -0.39 is 10.0 Å². The third kappa shape index (κ3) is 3.89. The summed E-state index contributed by atoms with van der Waals surface area (Å²) in [6.07, 6.45) is 4.62. The van der Waals surface area contributed by atoms with Crippen molar-refractivity contribution in [3.8, 4) is 0 Å². The summed E-state index contributed by atoms with van der Waals surface area (Å²) in [5.74, 6) is 1.02. The van der Waals surface area contributed by atoms with Crippen molar-refractivity contribution >= 4 is 33.2 Å². The van der Waals surface area contributed by atoms with Crippen LogP contribution in [0.1, 0.15) is 41.6 Å². The lowest BCUT2D eigenvalue weighted by atomic mass is 9.95. The molecule has 2 N–H and O–H groups in total. The summed E-state index contributed by atoms with van der Waals surface area (Å²) in [5, 5.41) is 3.16. The molecule has 148 valence electrons. The smallest absolute Gasteiger partial charge is 0.263 e. The highest BCUT2D eigenvalue weighted by molar-refractivity contribution is 7.92. The van der Waals surface area contributed by atoms with E-state index in [1.165, 1.54) is 25.0 Å². The number of aryl methyl sites for hydroxylation is 1. The van der Waals surface area contributed by atoms with E-state index in [1.54, 1.807) is 24.3 Å². The van der Waals surface area contributed by atoms with Crippen LogP contribution in [-0.2, 0) is 10.0 Å². The Morgan fingerprint density at radius 2 is 1.93 bits per heavy atom. The van der Waals surface area contributed by atoms with Crippen LogP contribution in [0.15, 0.2) is 47.4 Å². The van der Waals surface area contributed by atoms with Gasteiger partial charge in [-0.05, 0) is 73.9 Å². The summed E-state index contributed by atoms with van der Waals surface area (Å²) in [5.41, 5.74) is 1.69. The molecule has 2 aliphatic rings. The molecule has 4 rings (SSSR count). The summed E-state index contributed by atoms with van der Waals surface area (Å²) in [4.78, 5) is 12.6. The monoisotopic (exact) mass is 418 g/mol. The van der Waals surface area contributed by atoms with E-state index in [4.69, 9.17) is 11.6 Å². The lowest BCUT2D eigenvalue weighted by Gasteiger charge is -2.23. The minimum Gasteiger partial charge on any atom is -0.349 e. The topological polar surface area (TPSA) is 75.3 Å². The zero-order valence-corrected chi connectivity index (χ0v) is 17.2. The van der Waals surface area contributed by atoms with E-state index in [0.717, 1.165) is 24.3 Å². The third-order valence-corrected chi connectivity index (χ3v) is 7.67. The molecule has 1 amide bonds. The molecule has 0 spiro atoms. The Balaban J connectivity index is 1.55. The molecule has 7 heteroatoms. The molecule has 2 bridgehead atoms. The third-order valence-electron chi connectivity index (χ3n) is 5.81. The summed E-state index contributed by atoms with van der Waals surface area (Å²) in [6, 6.07) is 11.6. The molecule has 0 aromatic heterocycles. The lowest BCUT2D eigenvalue weighted by Crippen LogP contribution is -2.38. The minimum atomic E-state index is -3.91. The van der Waals surface area contributed by atoms with Crippen LogP contribution in [0.3, 0.4) is 0 Å². The van der Waals surface area contributed by atoms with Crippen molar-refractivity contribution in [2.24, 2.45) is 11.8 Å². The SMILES string of the molecule is Cc1cccc(NS(=O)(=O)c2cc(C(=O)N[C@H]3C[C@H]4CC[C@H]3C4)ccc2Cl)c1. The van der Waals surface area contributed by atoms with E-state index in [1.807, 2.05) is 13.0 Å². The van der Waals surface area contributed by atoms with E-state index in [9.17, 15) is 13.2 Å². The number of hydrogen-bond acceptors (Lipinski definition) is 3. The number of amides is 1.